The van der Waals surface area contributed by atoms with Gasteiger partial charge in [-0.2, -0.15) is 5.21 Å². The quantitative estimate of drug-likeness (QED) is 0.325. The number of nitrogens with one attached hydrogen (secondary N) is 2. The summed E-state index contributed by atoms with van der Waals surface area (Å²) in [6.07, 6.45) is 6.43. The van der Waals surface area contributed by atoms with E-state index in [0.717, 1.165) is 12.1 Å². The monoisotopic (exact) mass is 477 g/mol. The van der Waals surface area contributed by atoms with Crippen LogP contribution in [0.2, 0.25) is 0 Å². The average Bonchev–Trinajstić information content (AvgIpc) is 3.39. The van der Waals surface area contributed by atoms with Crippen LogP contribution in [0, 0.1) is 11.6 Å². The van der Waals surface area contributed by atoms with Crippen LogP contribution in [0.15, 0.2) is 77.3 Å². The molecule has 0 fully saturated rings. The molecule has 0 bridgehead atoms. The summed E-state index contributed by atoms with van der Waals surface area (Å²) in [5.74, 6) is -0.464. The Labute approximate surface area is 194 Å². The Morgan fingerprint density at radius 3 is 2.53 bits per heavy atom. The van der Waals surface area contributed by atoms with Gasteiger partial charge < -0.3 is 10.1 Å². The summed E-state index contributed by atoms with van der Waals surface area (Å²) in [6.45, 7) is 0. The molecule has 2 N–H and O–H groups in total. The minimum atomic E-state index is -1.03. The van der Waals surface area contributed by atoms with Gasteiger partial charge in [-0.25, -0.2) is 28.7 Å². The second-order valence-corrected chi connectivity index (χ2v) is 7.66. The fourth-order valence-electron chi connectivity index (χ4n) is 2.77. The number of aromatic amines is 1. The summed E-state index contributed by atoms with van der Waals surface area (Å²) in [4.78, 5) is 17.8. The average molecular weight is 477 g/mol. The number of pyridine rings is 2. The Morgan fingerprint density at radius 1 is 0.912 bits per heavy atom. The van der Waals surface area contributed by atoms with Crippen LogP contribution in [0.25, 0.3) is 11.4 Å². The Hall–Kier alpha value is -4.52. The maximum atomic E-state index is 13.7. The SMILES string of the molecule is Fc1ccc(Oc2cc(Sc3ncccn3)cnc2Nc2ccc(-c3nn[nH]n3)cn2)cc1F. The Morgan fingerprint density at radius 2 is 1.79 bits per heavy atom. The molecule has 34 heavy (non-hydrogen) atoms. The number of hydrogen-bond acceptors (Lipinski definition) is 10. The van der Waals surface area contributed by atoms with E-state index in [4.69, 9.17) is 4.74 Å². The third-order valence-electron chi connectivity index (χ3n) is 4.31. The number of halogens is 2. The van der Waals surface area contributed by atoms with Gasteiger partial charge in [-0.3, -0.25) is 0 Å². The standard InChI is InChI=1S/C21H13F2N9OS/c22-15-4-3-13(8-16(15)23)33-17-9-14(34-21-24-6-1-7-25-21)11-27-20(17)28-18-5-2-12(10-26-18)19-29-31-32-30-19/h1-11H,(H,26,27,28)(H,29,30,31,32). The number of ether oxygens (including phenoxy) is 1. The van der Waals surface area contributed by atoms with E-state index in [2.05, 4.69) is 45.9 Å². The van der Waals surface area contributed by atoms with Crippen molar-refractivity contribution < 1.29 is 13.5 Å². The fraction of sp³-hybridized carbons (Fsp3) is 0. The van der Waals surface area contributed by atoms with E-state index in [1.807, 2.05) is 0 Å². The van der Waals surface area contributed by atoms with Crippen LogP contribution in [0.5, 0.6) is 11.5 Å². The van der Waals surface area contributed by atoms with Crippen LogP contribution in [0.4, 0.5) is 20.4 Å². The van der Waals surface area contributed by atoms with Gasteiger partial charge >= 0.3 is 0 Å². The van der Waals surface area contributed by atoms with Gasteiger partial charge in [0.1, 0.15) is 11.6 Å². The number of rotatable bonds is 7. The summed E-state index contributed by atoms with van der Waals surface area (Å²) in [5.41, 5.74) is 0.667. The van der Waals surface area contributed by atoms with E-state index in [9.17, 15) is 8.78 Å². The number of anilines is 2. The summed E-state index contributed by atoms with van der Waals surface area (Å²) in [5, 5.41) is 17.3. The topological polar surface area (TPSA) is 127 Å². The molecule has 10 nitrogen and oxygen atoms in total. The fourth-order valence-corrected chi connectivity index (χ4v) is 3.48. The van der Waals surface area contributed by atoms with Gasteiger partial charge in [-0.05, 0) is 47.3 Å². The lowest BCUT2D eigenvalue weighted by Crippen LogP contribution is -2.00. The molecule has 4 heterocycles. The Balaban J connectivity index is 1.44. The van der Waals surface area contributed by atoms with Gasteiger partial charge in [-0.1, -0.05) is 0 Å². The summed E-state index contributed by atoms with van der Waals surface area (Å²) in [7, 11) is 0. The third kappa shape index (κ3) is 4.94. The van der Waals surface area contributed by atoms with Gasteiger partial charge in [0, 0.05) is 47.4 Å². The summed E-state index contributed by atoms with van der Waals surface area (Å²) < 4.78 is 32.9. The van der Waals surface area contributed by atoms with Gasteiger partial charge in [-0.15, -0.1) is 10.2 Å². The lowest BCUT2D eigenvalue weighted by atomic mass is 10.2. The molecular weight excluding hydrogens is 464 g/mol. The smallest absolute Gasteiger partial charge is 0.206 e. The van der Waals surface area contributed by atoms with E-state index in [0.29, 0.717) is 33.1 Å². The minimum Gasteiger partial charge on any atom is -0.453 e. The molecule has 13 heteroatoms. The molecule has 1 aromatic carbocycles. The molecule has 0 radical (unpaired) electrons. The molecule has 0 saturated heterocycles. The van der Waals surface area contributed by atoms with Crippen LogP contribution in [-0.4, -0.2) is 40.6 Å². The number of nitrogens with zero attached hydrogens (tertiary/aromatic N) is 7. The minimum absolute atomic E-state index is 0.0993. The number of hydrogen-bond donors (Lipinski definition) is 2. The molecule has 0 spiro atoms. The molecule has 0 aliphatic rings. The van der Waals surface area contributed by atoms with Gasteiger partial charge in [0.2, 0.25) is 5.82 Å². The number of tetrazole rings is 1. The number of H-pyrrole nitrogens is 1. The second-order valence-electron chi connectivity index (χ2n) is 6.62. The first-order chi connectivity index (χ1) is 16.6. The first-order valence-electron chi connectivity index (χ1n) is 9.69. The summed E-state index contributed by atoms with van der Waals surface area (Å²) in [6, 6.07) is 10.1. The normalized spacial score (nSPS) is 10.8. The first kappa shape index (κ1) is 21.3. The number of benzene rings is 1. The van der Waals surface area contributed by atoms with Crippen LogP contribution in [-0.2, 0) is 0 Å². The molecular formula is C21H13F2N9OS. The van der Waals surface area contributed by atoms with Gasteiger partial charge in [0.05, 0.1) is 0 Å². The molecule has 5 rings (SSSR count). The van der Waals surface area contributed by atoms with E-state index in [-0.39, 0.29) is 11.5 Å². The maximum absolute atomic E-state index is 13.7. The highest BCUT2D eigenvalue weighted by molar-refractivity contribution is 7.99. The zero-order valence-corrected chi connectivity index (χ0v) is 17.9. The predicted molar refractivity (Wildman–Crippen MR) is 118 cm³/mol. The molecule has 0 aliphatic heterocycles. The van der Waals surface area contributed by atoms with E-state index in [1.165, 1.54) is 17.8 Å². The molecule has 0 unspecified atom stereocenters. The van der Waals surface area contributed by atoms with Crippen molar-refractivity contribution in [3.05, 3.63) is 78.9 Å². The van der Waals surface area contributed by atoms with Crippen LogP contribution in [0.1, 0.15) is 0 Å². The number of aromatic nitrogens is 8. The van der Waals surface area contributed by atoms with Crippen molar-refractivity contribution in [2.75, 3.05) is 5.32 Å². The lowest BCUT2D eigenvalue weighted by molar-refractivity contribution is 0.460. The first-order valence-corrected chi connectivity index (χ1v) is 10.5. The highest BCUT2D eigenvalue weighted by atomic mass is 32.2. The Bertz CT molecular complexity index is 1400. The lowest BCUT2D eigenvalue weighted by Gasteiger charge is -2.13. The molecule has 168 valence electrons. The molecule has 0 aliphatic carbocycles. The third-order valence-corrected chi connectivity index (χ3v) is 5.16. The molecule has 0 saturated carbocycles. The van der Waals surface area contributed by atoms with Crippen molar-refractivity contribution in [2.45, 2.75) is 10.1 Å². The van der Waals surface area contributed by atoms with Crippen LogP contribution in [0.3, 0.4) is 0 Å². The van der Waals surface area contributed by atoms with Gasteiger partial charge in [0.25, 0.3) is 0 Å². The van der Waals surface area contributed by atoms with Crippen molar-refractivity contribution in [2.24, 2.45) is 0 Å². The van der Waals surface area contributed by atoms with Crippen molar-refractivity contribution in [1.82, 2.24) is 40.6 Å². The van der Waals surface area contributed by atoms with Crippen LogP contribution >= 0.6 is 11.8 Å². The van der Waals surface area contributed by atoms with E-state index in [1.54, 1.807) is 49.1 Å². The van der Waals surface area contributed by atoms with Crippen LogP contribution < -0.4 is 10.1 Å². The second kappa shape index (κ2) is 9.54. The van der Waals surface area contributed by atoms with E-state index >= 15 is 0 Å². The molecule has 5 aromatic rings. The highest BCUT2D eigenvalue weighted by Crippen LogP contribution is 2.35. The molecule has 0 atom stereocenters. The largest absolute Gasteiger partial charge is 0.453 e. The Kier molecular flexibility index (Phi) is 5.99. The highest BCUT2D eigenvalue weighted by Gasteiger charge is 2.13. The maximum Gasteiger partial charge on any atom is 0.206 e. The molecule has 4 aromatic heterocycles. The zero-order valence-electron chi connectivity index (χ0n) is 17.1. The van der Waals surface area contributed by atoms with E-state index < -0.39 is 11.6 Å². The van der Waals surface area contributed by atoms with Gasteiger partial charge in [0.15, 0.2) is 28.4 Å². The van der Waals surface area contributed by atoms with Crippen molar-refractivity contribution in [3.8, 4) is 22.9 Å². The molecule has 0 amide bonds. The van der Waals surface area contributed by atoms with Crippen molar-refractivity contribution in [1.29, 1.82) is 0 Å². The predicted octanol–water partition coefficient (Wildman–Crippen LogP) is 4.41. The van der Waals surface area contributed by atoms with Crippen molar-refractivity contribution >= 4 is 23.4 Å². The van der Waals surface area contributed by atoms with Crippen molar-refractivity contribution in [3.63, 3.8) is 0 Å². The zero-order chi connectivity index (χ0) is 23.3. The summed E-state index contributed by atoms with van der Waals surface area (Å²) >= 11 is 1.27.